The zero-order chi connectivity index (χ0) is 11.4. The molecule has 0 saturated heterocycles. The van der Waals surface area contributed by atoms with Crippen LogP contribution in [0.2, 0.25) is 0 Å². The topological polar surface area (TPSA) is 20.3 Å². The average Bonchev–Trinajstić information content (AvgIpc) is 2.14. The fraction of sp³-hybridized carbons (Fsp3) is 0.182. The highest BCUT2D eigenvalue weighted by atomic mass is 79.9. The van der Waals surface area contributed by atoms with Crippen molar-refractivity contribution in [1.29, 1.82) is 0 Å². The van der Waals surface area contributed by atoms with Crippen molar-refractivity contribution in [2.45, 2.75) is 0 Å². The molecule has 0 aliphatic rings. The summed E-state index contributed by atoms with van der Waals surface area (Å²) in [6.45, 7) is 0. The van der Waals surface area contributed by atoms with Gasteiger partial charge in [0.05, 0.1) is 0 Å². The maximum absolute atomic E-state index is 12.8. The Labute approximate surface area is 96.5 Å². The van der Waals surface area contributed by atoms with E-state index in [0.29, 0.717) is 10.0 Å². The first kappa shape index (κ1) is 11.9. The van der Waals surface area contributed by atoms with Gasteiger partial charge in [-0.25, -0.2) is 4.39 Å². The minimum Gasteiger partial charge on any atom is -0.383 e. The van der Waals surface area contributed by atoms with Crippen molar-refractivity contribution in [3.8, 4) is 0 Å². The van der Waals surface area contributed by atoms with Crippen molar-refractivity contribution in [3.63, 3.8) is 0 Å². The highest BCUT2D eigenvalue weighted by molar-refractivity contribution is 9.10. The molecule has 0 atom stereocenters. The molecule has 0 bridgehead atoms. The summed E-state index contributed by atoms with van der Waals surface area (Å²) >= 11 is 3.15. The summed E-state index contributed by atoms with van der Waals surface area (Å²) in [4.78, 5) is 13.4. The van der Waals surface area contributed by atoms with E-state index in [-0.39, 0.29) is 11.6 Å². The molecule has 15 heavy (non-hydrogen) atoms. The van der Waals surface area contributed by atoms with Gasteiger partial charge >= 0.3 is 0 Å². The Hall–Kier alpha value is -1.16. The lowest BCUT2D eigenvalue weighted by atomic mass is 10.1. The lowest BCUT2D eigenvalue weighted by molar-refractivity contribution is 0.104. The lowest BCUT2D eigenvalue weighted by Gasteiger charge is -2.03. The second kappa shape index (κ2) is 5.07. The average molecular weight is 272 g/mol. The number of nitrogens with zero attached hydrogens (tertiary/aromatic N) is 1. The molecule has 1 aromatic carbocycles. The molecule has 0 amide bonds. The first-order valence-corrected chi connectivity index (χ1v) is 5.14. The second-order valence-electron chi connectivity index (χ2n) is 3.27. The molecule has 0 radical (unpaired) electrons. The van der Waals surface area contributed by atoms with E-state index >= 15 is 0 Å². The van der Waals surface area contributed by atoms with Crippen LogP contribution in [-0.4, -0.2) is 24.8 Å². The maximum Gasteiger partial charge on any atom is 0.188 e. The third-order valence-electron chi connectivity index (χ3n) is 1.72. The van der Waals surface area contributed by atoms with Gasteiger partial charge < -0.3 is 4.90 Å². The number of hydrogen-bond acceptors (Lipinski definition) is 2. The molecule has 0 aliphatic carbocycles. The fourth-order valence-corrected chi connectivity index (χ4v) is 1.54. The van der Waals surface area contributed by atoms with Crippen LogP contribution in [0.1, 0.15) is 10.4 Å². The van der Waals surface area contributed by atoms with Crippen LogP contribution in [0.15, 0.2) is 34.9 Å². The molecule has 0 heterocycles. The van der Waals surface area contributed by atoms with Gasteiger partial charge in [0.2, 0.25) is 0 Å². The standard InChI is InChI=1S/C11H11BrFNO/c1-14(2)6-5-11(15)9-4-3-8(13)7-10(9)12/h3-7H,1-2H3/b6-5+. The Morgan fingerprint density at radius 1 is 1.47 bits per heavy atom. The molecule has 1 rings (SSSR count). The van der Waals surface area contributed by atoms with Crippen LogP contribution in [0.5, 0.6) is 0 Å². The molecule has 0 spiro atoms. The summed E-state index contributed by atoms with van der Waals surface area (Å²) in [7, 11) is 3.65. The molecule has 1 aromatic rings. The zero-order valence-electron chi connectivity index (χ0n) is 8.50. The molecule has 0 aromatic heterocycles. The number of carbonyl (C=O) groups is 1. The van der Waals surface area contributed by atoms with Crippen LogP contribution in [0.4, 0.5) is 4.39 Å². The van der Waals surface area contributed by atoms with Crippen molar-refractivity contribution in [1.82, 2.24) is 4.90 Å². The van der Waals surface area contributed by atoms with E-state index in [1.807, 2.05) is 14.1 Å². The van der Waals surface area contributed by atoms with Gasteiger partial charge in [-0.05, 0) is 34.1 Å². The number of carbonyl (C=O) groups excluding carboxylic acids is 1. The van der Waals surface area contributed by atoms with Gasteiger partial charge in [-0.15, -0.1) is 0 Å². The van der Waals surface area contributed by atoms with E-state index in [1.165, 1.54) is 24.3 Å². The zero-order valence-corrected chi connectivity index (χ0v) is 10.1. The van der Waals surface area contributed by atoms with Crippen LogP contribution in [-0.2, 0) is 0 Å². The number of hydrogen-bond donors (Lipinski definition) is 0. The summed E-state index contributed by atoms with van der Waals surface area (Å²) in [5, 5.41) is 0. The number of halogens is 2. The Morgan fingerprint density at radius 3 is 2.67 bits per heavy atom. The van der Waals surface area contributed by atoms with Crippen LogP contribution in [0, 0.1) is 5.82 Å². The third kappa shape index (κ3) is 3.47. The maximum atomic E-state index is 12.8. The highest BCUT2D eigenvalue weighted by Gasteiger charge is 2.07. The summed E-state index contributed by atoms with van der Waals surface area (Å²) in [5.41, 5.74) is 0.453. The number of benzene rings is 1. The first-order chi connectivity index (χ1) is 7.00. The van der Waals surface area contributed by atoms with Crippen molar-refractivity contribution in [2.24, 2.45) is 0 Å². The van der Waals surface area contributed by atoms with Gasteiger partial charge in [-0.2, -0.15) is 0 Å². The van der Waals surface area contributed by atoms with Crippen molar-refractivity contribution < 1.29 is 9.18 Å². The lowest BCUT2D eigenvalue weighted by Crippen LogP contribution is -2.03. The number of allylic oxidation sites excluding steroid dienone is 1. The van der Waals surface area contributed by atoms with E-state index in [4.69, 9.17) is 0 Å². The molecule has 4 heteroatoms. The molecular weight excluding hydrogens is 261 g/mol. The molecule has 0 fully saturated rings. The molecule has 0 aliphatic heterocycles. The Balaban J connectivity index is 2.92. The molecular formula is C11H11BrFNO. The predicted molar refractivity (Wildman–Crippen MR) is 61.3 cm³/mol. The SMILES string of the molecule is CN(C)/C=C/C(=O)c1ccc(F)cc1Br. The highest BCUT2D eigenvalue weighted by Crippen LogP contribution is 2.18. The smallest absolute Gasteiger partial charge is 0.188 e. The largest absolute Gasteiger partial charge is 0.383 e. The van der Waals surface area contributed by atoms with Crippen LogP contribution < -0.4 is 0 Å². The number of ketones is 1. The molecule has 2 nitrogen and oxygen atoms in total. The van der Waals surface area contributed by atoms with Crippen molar-refractivity contribution in [2.75, 3.05) is 14.1 Å². The summed E-state index contributed by atoms with van der Waals surface area (Å²) < 4.78 is 13.2. The van der Waals surface area contributed by atoms with E-state index < -0.39 is 0 Å². The molecule has 0 unspecified atom stereocenters. The minimum atomic E-state index is -0.366. The Kier molecular flexibility index (Phi) is 4.03. The predicted octanol–water partition coefficient (Wildman–Crippen LogP) is 2.85. The quantitative estimate of drug-likeness (QED) is 0.623. The number of rotatable bonds is 3. The van der Waals surface area contributed by atoms with Gasteiger partial charge in [0, 0.05) is 36.4 Å². The third-order valence-corrected chi connectivity index (χ3v) is 2.38. The monoisotopic (exact) mass is 271 g/mol. The Bertz CT molecular complexity index is 402. The summed E-state index contributed by atoms with van der Waals surface area (Å²) in [5.74, 6) is -0.523. The summed E-state index contributed by atoms with van der Waals surface area (Å²) in [6.07, 6.45) is 3.09. The van der Waals surface area contributed by atoms with Crippen LogP contribution >= 0.6 is 15.9 Å². The van der Waals surface area contributed by atoms with Gasteiger partial charge in [0.15, 0.2) is 5.78 Å². The molecule has 0 N–H and O–H groups in total. The van der Waals surface area contributed by atoms with Crippen LogP contribution in [0.25, 0.3) is 0 Å². The minimum absolute atomic E-state index is 0.157. The first-order valence-electron chi connectivity index (χ1n) is 4.34. The van der Waals surface area contributed by atoms with E-state index in [2.05, 4.69) is 15.9 Å². The van der Waals surface area contributed by atoms with Crippen molar-refractivity contribution >= 4 is 21.7 Å². The van der Waals surface area contributed by atoms with Crippen molar-refractivity contribution in [3.05, 3.63) is 46.3 Å². The summed E-state index contributed by atoms with van der Waals surface area (Å²) in [6, 6.07) is 4.00. The molecule has 80 valence electrons. The fourth-order valence-electron chi connectivity index (χ4n) is 0.996. The van der Waals surface area contributed by atoms with Gasteiger partial charge in [-0.3, -0.25) is 4.79 Å². The van der Waals surface area contributed by atoms with Crippen LogP contribution in [0.3, 0.4) is 0 Å². The van der Waals surface area contributed by atoms with Gasteiger partial charge in [0.1, 0.15) is 5.82 Å². The van der Waals surface area contributed by atoms with E-state index in [1.54, 1.807) is 11.1 Å². The molecule has 0 saturated carbocycles. The second-order valence-corrected chi connectivity index (χ2v) is 4.12. The van der Waals surface area contributed by atoms with E-state index in [9.17, 15) is 9.18 Å². The van der Waals surface area contributed by atoms with E-state index in [0.717, 1.165) is 0 Å². The van der Waals surface area contributed by atoms with Gasteiger partial charge in [-0.1, -0.05) is 0 Å². The van der Waals surface area contributed by atoms with Gasteiger partial charge in [0.25, 0.3) is 0 Å². The normalized spacial score (nSPS) is 10.7. The Morgan fingerprint density at radius 2 is 2.13 bits per heavy atom.